The fraction of sp³-hybridized carbons (Fsp3) is 0.200. The largest absolute Gasteiger partial charge is 0.467 e. The van der Waals surface area contributed by atoms with E-state index in [1.807, 2.05) is 18.2 Å². The lowest BCUT2D eigenvalue weighted by Crippen LogP contribution is -2.06. The van der Waals surface area contributed by atoms with Gasteiger partial charge in [-0.25, -0.2) is 4.79 Å². The molecule has 0 saturated carbocycles. The van der Waals surface area contributed by atoms with Gasteiger partial charge in [-0.1, -0.05) is 6.07 Å². The molecule has 0 spiro atoms. The van der Waals surface area contributed by atoms with Crippen molar-refractivity contribution in [3.63, 3.8) is 0 Å². The zero-order valence-electron chi connectivity index (χ0n) is 11.8. The van der Waals surface area contributed by atoms with Gasteiger partial charge in [-0.05, 0) is 24.3 Å². The number of amides is 1. The number of carbonyl (C=O) groups is 2. The average Bonchev–Trinajstić information content (AvgIpc) is 2.93. The third-order valence-corrected chi connectivity index (χ3v) is 2.72. The summed E-state index contributed by atoms with van der Waals surface area (Å²) >= 11 is 0. The number of carbonyl (C=O) groups excluding carboxylic acids is 2. The van der Waals surface area contributed by atoms with E-state index in [1.54, 1.807) is 12.1 Å². The van der Waals surface area contributed by atoms with Gasteiger partial charge in [0.05, 0.1) is 19.2 Å². The zero-order valence-corrected chi connectivity index (χ0v) is 11.8. The van der Waals surface area contributed by atoms with E-state index < -0.39 is 5.97 Å². The van der Waals surface area contributed by atoms with Gasteiger partial charge in [0.2, 0.25) is 5.91 Å². The van der Waals surface area contributed by atoms with Crippen LogP contribution in [0.25, 0.3) is 0 Å². The van der Waals surface area contributed by atoms with E-state index in [1.165, 1.54) is 20.3 Å². The lowest BCUT2D eigenvalue weighted by atomic mass is 10.2. The summed E-state index contributed by atoms with van der Waals surface area (Å²) < 4.78 is 9.88. The van der Waals surface area contributed by atoms with Crippen LogP contribution in [0, 0.1) is 0 Å². The number of furan rings is 1. The zero-order chi connectivity index (χ0) is 15.2. The van der Waals surface area contributed by atoms with Crippen molar-refractivity contribution in [1.29, 1.82) is 0 Å². The van der Waals surface area contributed by atoms with Crippen LogP contribution < -0.4 is 10.6 Å². The molecule has 6 heteroatoms. The van der Waals surface area contributed by atoms with Crippen LogP contribution in [-0.2, 0) is 16.1 Å². The standard InChI is InChI=1S/C15H16N2O4/c1-10(18)17-13-5-3-4-12(7-13)16-8-14-6-11(9-21-14)15(19)20-2/h3-7,9,16H,8H2,1-2H3,(H,17,18). The van der Waals surface area contributed by atoms with Gasteiger partial charge in [0.1, 0.15) is 12.0 Å². The normalized spacial score (nSPS) is 10.0. The Morgan fingerprint density at radius 1 is 1.24 bits per heavy atom. The van der Waals surface area contributed by atoms with Crippen molar-refractivity contribution in [1.82, 2.24) is 0 Å². The molecule has 2 N–H and O–H groups in total. The van der Waals surface area contributed by atoms with E-state index in [0.29, 0.717) is 23.6 Å². The van der Waals surface area contributed by atoms with Crippen molar-refractivity contribution in [2.75, 3.05) is 17.7 Å². The van der Waals surface area contributed by atoms with Crippen LogP contribution in [0.1, 0.15) is 23.0 Å². The molecule has 0 atom stereocenters. The Labute approximate surface area is 122 Å². The smallest absolute Gasteiger partial charge is 0.341 e. The van der Waals surface area contributed by atoms with Gasteiger partial charge in [0.15, 0.2) is 0 Å². The van der Waals surface area contributed by atoms with E-state index >= 15 is 0 Å². The molecule has 1 amide bonds. The summed E-state index contributed by atoms with van der Waals surface area (Å²) in [6.45, 7) is 1.87. The molecule has 2 rings (SSSR count). The predicted molar refractivity (Wildman–Crippen MR) is 78.1 cm³/mol. The van der Waals surface area contributed by atoms with Gasteiger partial charge in [-0.3, -0.25) is 4.79 Å². The highest BCUT2D eigenvalue weighted by molar-refractivity contribution is 5.89. The summed E-state index contributed by atoms with van der Waals surface area (Å²) in [5.74, 6) is 0.0545. The van der Waals surface area contributed by atoms with Gasteiger partial charge in [0.25, 0.3) is 0 Å². The molecule has 0 fully saturated rings. The first-order valence-electron chi connectivity index (χ1n) is 6.35. The minimum atomic E-state index is -0.433. The van der Waals surface area contributed by atoms with Crippen molar-refractivity contribution in [2.45, 2.75) is 13.5 Å². The van der Waals surface area contributed by atoms with Crippen LogP contribution in [0.15, 0.2) is 41.0 Å². The molecule has 0 aliphatic heterocycles. The lowest BCUT2D eigenvalue weighted by Gasteiger charge is -2.07. The number of rotatable bonds is 5. The average molecular weight is 288 g/mol. The van der Waals surface area contributed by atoms with Crippen molar-refractivity contribution < 1.29 is 18.7 Å². The summed E-state index contributed by atoms with van der Waals surface area (Å²) in [4.78, 5) is 22.3. The number of hydrogen-bond acceptors (Lipinski definition) is 5. The molecule has 0 radical (unpaired) electrons. The molecule has 0 bridgehead atoms. The number of nitrogens with one attached hydrogen (secondary N) is 2. The second-order valence-corrected chi connectivity index (χ2v) is 4.41. The Hall–Kier alpha value is -2.76. The van der Waals surface area contributed by atoms with Crippen LogP contribution in [-0.4, -0.2) is 19.0 Å². The van der Waals surface area contributed by atoms with Crippen LogP contribution in [0.5, 0.6) is 0 Å². The van der Waals surface area contributed by atoms with Crippen molar-refractivity contribution >= 4 is 23.3 Å². The Bertz CT molecular complexity index is 649. The molecule has 0 unspecified atom stereocenters. The van der Waals surface area contributed by atoms with Crippen LogP contribution >= 0.6 is 0 Å². The molecule has 1 aromatic heterocycles. The highest BCUT2D eigenvalue weighted by Gasteiger charge is 2.09. The summed E-state index contributed by atoms with van der Waals surface area (Å²) in [7, 11) is 1.32. The van der Waals surface area contributed by atoms with Gasteiger partial charge in [-0.2, -0.15) is 0 Å². The lowest BCUT2D eigenvalue weighted by molar-refractivity contribution is -0.114. The van der Waals surface area contributed by atoms with Crippen LogP contribution in [0.2, 0.25) is 0 Å². The fourth-order valence-electron chi connectivity index (χ4n) is 1.80. The second-order valence-electron chi connectivity index (χ2n) is 4.41. The number of methoxy groups -OCH3 is 1. The third-order valence-electron chi connectivity index (χ3n) is 2.72. The number of benzene rings is 1. The molecular weight excluding hydrogens is 272 g/mol. The minimum Gasteiger partial charge on any atom is -0.467 e. The first-order chi connectivity index (χ1) is 10.1. The molecule has 2 aromatic rings. The van der Waals surface area contributed by atoms with Gasteiger partial charge in [0, 0.05) is 18.3 Å². The Morgan fingerprint density at radius 2 is 2.00 bits per heavy atom. The fourth-order valence-corrected chi connectivity index (χ4v) is 1.80. The quantitative estimate of drug-likeness (QED) is 0.827. The molecule has 0 saturated heterocycles. The van der Waals surface area contributed by atoms with E-state index in [0.717, 1.165) is 5.69 Å². The molecule has 0 aliphatic rings. The van der Waals surface area contributed by atoms with Crippen molar-refractivity contribution in [2.24, 2.45) is 0 Å². The molecule has 0 aliphatic carbocycles. The predicted octanol–water partition coefficient (Wildman–Crippen LogP) is 2.64. The van der Waals surface area contributed by atoms with Crippen molar-refractivity contribution in [3.05, 3.63) is 47.9 Å². The molecular formula is C15H16N2O4. The number of esters is 1. The monoisotopic (exact) mass is 288 g/mol. The summed E-state index contributed by atoms with van der Waals surface area (Å²) in [5.41, 5.74) is 1.92. The molecule has 6 nitrogen and oxygen atoms in total. The van der Waals surface area contributed by atoms with Gasteiger partial charge in [-0.15, -0.1) is 0 Å². The molecule has 21 heavy (non-hydrogen) atoms. The van der Waals surface area contributed by atoms with Gasteiger partial charge < -0.3 is 19.8 Å². The first-order valence-corrected chi connectivity index (χ1v) is 6.35. The molecule has 1 heterocycles. The highest BCUT2D eigenvalue weighted by atomic mass is 16.5. The van der Waals surface area contributed by atoms with Gasteiger partial charge >= 0.3 is 5.97 Å². The van der Waals surface area contributed by atoms with Crippen LogP contribution in [0.3, 0.4) is 0 Å². The molecule has 110 valence electrons. The number of hydrogen-bond donors (Lipinski definition) is 2. The SMILES string of the molecule is COC(=O)c1coc(CNc2cccc(NC(C)=O)c2)c1. The van der Waals surface area contributed by atoms with E-state index in [-0.39, 0.29) is 5.91 Å². The minimum absolute atomic E-state index is 0.124. The maximum atomic E-state index is 11.3. The summed E-state index contributed by atoms with van der Waals surface area (Å²) in [5, 5.41) is 5.85. The second kappa shape index (κ2) is 6.60. The third kappa shape index (κ3) is 4.10. The number of ether oxygens (including phenoxy) is 1. The van der Waals surface area contributed by atoms with E-state index in [4.69, 9.17) is 4.42 Å². The van der Waals surface area contributed by atoms with E-state index in [2.05, 4.69) is 15.4 Å². The Morgan fingerprint density at radius 3 is 2.71 bits per heavy atom. The van der Waals surface area contributed by atoms with E-state index in [9.17, 15) is 9.59 Å². The maximum Gasteiger partial charge on any atom is 0.341 e. The maximum absolute atomic E-state index is 11.3. The Balaban J connectivity index is 1.98. The van der Waals surface area contributed by atoms with Crippen LogP contribution in [0.4, 0.5) is 11.4 Å². The number of anilines is 2. The topological polar surface area (TPSA) is 80.6 Å². The summed E-state index contributed by atoms with van der Waals surface area (Å²) in [6, 6.07) is 8.93. The Kier molecular flexibility index (Phi) is 4.61. The molecule has 1 aromatic carbocycles. The van der Waals surface area contributed by atoms with Crippen molar-refractivity contribution in [3.8, 4) is 0 Å². The first kappa shape index (κ1) is 14.6. The highest BCUT2D eigenvalue weighted by Crippen LogP contribution is 2.17. The summed E-state index contributed by atoms with van der Waals surface area (Å²) in [6.07, 6.45) is 1.36.